The molecule has 0 aromatic heterocycles. The van der Waals surface area contributed by atoms with Gasteiger partial charge in [-0.3, -0.25) is 13.9 Å². The van der Waals surface area contributed by atoms with Crippen molar-refractivity contribution < 1.29 is 18.0 Å². The number of carbonyl (C=O) groups excluding carboxylic acids is 2. The lowest BCUT2D eigenvalue weighted by Gasteiger charge is -2.33. The second kappa shape index (κ2) is 14.1. The Morgan fingerprint density at radius 1 is 0.951 bits per heavy atom. The van der Waals surface area contributed by atoms with Gasteiger partial charge in [0, 0.05) is 17.1 Å². The Bertz CT molecular complexity index is 1440. The van der Waals surface area contributed by atoms with Gasteiger partial charge in [0.1, 0.15) is 12.6 Å². The number of carbonyl (C=O) groups is 2. The molecule has 218 valence electrons. The van der Waals surface area contributed by atoms with Gasteiger partial charge in [0.25, 0.3) is 10.0 Å². The maximum Gasteiger partial charge on any atom is 0.264 e. The monoisotopic (exact) mass is 639 g/mol. The van der Waals surface area contributed by atoms with E-state index < -0.39 is 28.5 Å². The van der Waals surface area contributed by atoms with Crippen molar-refractivity contribution in [2.75, 3.05) is 10.8 Å². The van der Waals surface area contributed by atoms with E-state index in [2.05, 4.69) is 21.2 Å². The normalized spacial score (nSPS) is 14.7. The van der Waals surface area contributed by atoms with Crippen LogP contribution in [-0.2, 0) is 32.6 Å². The van der Waals surface area contributed by atoms with Crippen LogP contribution in [0, 0.1) is 0 Å². The maximum atomic E-state index is 14.2. The highest BCUT2D eigenvalue weighted by atomic mass is 79.9. The van der Waals surface area contributed by atoms with E-state index >= 15 is 0 Å². The molecule has 1 aliphatic rings. The first kappa shape index (κ1) is 30.8. The standard InChI is InChI=1S/C32H38BrN3O4S/c1-3-26-14-10-11-20-30(26)36(41(39,40)29-18-8-5-9-19-29)23-31(37)35(22-25-13-12-15-27(33)21-25)24(2)32(38)34-28-16-6-4-7-17-28/h5,8-15,18-21,24,28H,3-4,6-7,16-17,22-23H2,1-2H3,(H,34,38). The number of hydrogen-bond acceptors (Lipinski definition) is 4. The summed E-state index contributed by atoms with van der Waals surface area (Å²) in [5, 5.41) is 3.14. The molecule has 0 radical (unpaired) electrons. The van der Waals surface area contributed by atoms with E-state index in [9.17, 15) is 18.0 Å². The average molecular weight is 641 g/mol. The second-order valence-corrected chi connectivity index (χ2v) is 13.3. The highest BCUT2D eigenvalue weighted by Gasteiger charge is 2.33. The Hall–Kier alpha value is -3.17. The number of nitrogens with one attached hydrogen (secondary N) is 1. The highest BCUT2D eigenvalue weighted by molar-refractivity contribution is 9.10. The molecule has 3 aromatic carbocycles. The number of hydrogen-bond donors (Lipinski definition) is 1. The lowest BCUT2D eigenvalue weighted by atomic mass is 9.95. The summed E-state index contributed by atoms with van der Waals surface area (Å²) in [6.07, 6.45) is 5.75. The number of halogens is 1. The molecule has 1 saturated carbocycles. The molecule has 4 rings (SSSR count). The van der Waals surface area contributed by atoms with E-state index in [1.54, 1.807) is 37.3 Å². The van der Waals surface area contributed by atoms with Gasteiger partial charge in [0.05, 0.1) is 10.6 Å². The topological polar surface area (TPSA) is 86.8 Å². The molecule has 0 bridgehead atoms. The van der Waals surface area contributed by atoms with Crippen molar-refractivity contribution in [1.82, 2.24) is 10.2 Å². The Labute approximate surface area is 252 Å². The van der Waals surface area contributed by atoms with Crippen LogP contribution < -0.4 is 9.62 Å². The minimum Gasteiger partial charge on any atom is -0.352 e. The number of nitrogens with zero attached hydrogens (tertiary/aromatic N) is 2. The molecule has 2 amide bonds. The first-order chi connectivity index (χ1) is 19.7. The van der Waals surface area contributed by atoms with Crippen LogP contribution >= 0.6 is 15.9 Å². The third-order valence-corrected chi connectivity index (χ3v) is 9.88. The third-order valence-electron chi connectivity index (χ3n) is 7.61. The van der Waals surface area contributed by atoms with Crippen LogP contribution in [0.3, 0.4) is 0 Å². The Kier molecular flexibility index (Phi) is 10.6. The molecule has 41 heavy (non-hydrogen) atoms. The zero-order valence-corrected chi connectivity index (χ0v) is 26.0. The molecule has 7 nitrogen and oxygen atoms in total. The summed E-state index contributed by atoms with van der Waals surface area (Å²) in [4.78, 5) is 29.2. The van der Waals surface area contributed by atoms with Crippen molar-refractivity contribution in [1.29, 1.82) is 0 Å². The van der Waals surface area contributed by atoms with Gasteiger partial charge in [0.15, 0.2) is 0 Å². The summed E-state index contributed by atoms with van der Waals surface area (Å²) in [7, 11) is -4.09. The van der Waals surface area contributed by atoms with Gasteiger partial charge >= 0.3 is 0 Å². The van der Waals surface area contributed by atoms with Crippen LogP contribution in [0.15, 0.2) is 88.2 Å². The van der Waals surface area contributed by atoms with Crippen molar-refractivity contribution in [3.63, 3.8) is 0 Å². The van der Waals surface area contributed by atoms with Gasteiger partial charge in [-0.2, -0.15) is 0 Å². The molecule has 0 aliphatic heterocycles. The molecular weight excluding hydrogens is 602 g/mol. The SMILES string of the molecule is CCc1ccccc1N(CC(=O)N(Cc1cccc(Br)c1)C(C)C(=O)NC1CCCCC1)S(=O)(=O)c1ccccc1. The molecule has 1 atom stereocenters. The molecule has 3 aromatic rings. The minimum absolute atomic E-state index is 0.0907. The lowest BCUT2D eigenvalue weighted by molar-refractivity contribution is -0.139. The molecule has 1 unspecified atom stereocenters. The first-order valence-electron chi connectivity index (χ1n) is 14.2. The van der Waals surface area contributed by atoms with Gasteiger partial charge in [0.2, 0.25) is 11.8 Å². The number of aryl methyl sites for hydroxylation is 1. The number of sulfonamides is 1. The zero-order valence-electron chi connectivity index (χ0n) is 23.6. The van der Waals surface area contributed by atoms with Crippen LogP contribution in [0.2, 0.25) is 0 Å². The number of benzene rings is 3. The molecule has 1 fully saturated rings. The van der Waals surface area contributed by atoms with Crippen molar-refractivity contribution >= 4 is 43.5 Å². The summed E-state index contributed by atoms with van der Waals surface area (Å²) < 4.78 is 30.0. The second-order valence-electron chi connectivity index (χ2n) is 10.5. The summed E-state index contributed by atoms with van der Waals surface area (Å²) in [6, 6.07) is 22.2. The fraction of sp³-hybridized carbons (Fsp3) is 0.375. The number of rotatable bonds is 11. The Balaban J connectivity index is 1.69. The molecular formula is C32H38BrN3O4S. The van der Waals surface area contributed by atoms with Crippen LogP contribution in [0.5, 0.6) is 0 Å². The number of amides is 2. The van der Waals surface area contributed by atoms with Gasteiger partial charge in [-0.15, -0.1) is 0 Å². The molecule has 0 heterocycles. The molecule has 9 heteroatoms. The smallest absolute Gasteiger partial charge is 0.264 e. The molecule has 1 aliphatic carbocycles. The van der Waals surface area contributed by atoms with Gasteiger partial charge < -0.3 is 10.2 Å². The lowest BCUT2D eigenvalue weighted by Crippen LogP contribution is -2.53. The number of anilines is 1. The number of para-hydroxylation sites is 1. The largest absolute Gasteiger partial charge is 0.352 e. The van der Waals surface area contributed by atoms with Gasteiger partial charge in [-0.25, -0.2) is 8.42 Å². The fourth-order valence-corrected chi connectivity index (χ4v) is 7.19. The van der Waals surface area contributed by atoms with E-state index in [0.717, 1.165) is 41.3 Å². The predicted octanol–water partition coefficient (Wildman–Crippen LogP) is 6.07. The summed E-state index contributed by atoms with van der Waals surface area (Å²) in [6.45, 7) is 3.38. The van der Waals surface area contributed by atoms with Crippen molar-refractivity contribution in [3.05, 3.63) is 94.5 Å². The molecule has 1 N–H and O–H groups in total. The Morgan fingerprint density at radius 2 is 1.63 bits per heavy atom. The Morgan fingerprint density at radius 3 is 2.32 bits per heavy atom. The zero-order chi connectivity index (χ0) is 29.4. The van der Waals surface area contributed by atoms with Crippen molar-refractivity contribution in [3.8, 4) is 0 Å². The van der Waals surface area contributed by atoms with Crippen LogP contribution in [0.4, 0.5) is 5.69 Å². The highest BCUT2D eigenvalue weighted by Crippen LogP contribution is 2.28. The summed E-state index contributed by atoms with van der Waals surface area (Å²) in [5.74, 6) is -0.687. The fourth-order valence-electron chi connectivity index (χ4n) is 5.27. The van der Waals surface area contributed by atoms with E-state index in [0.29, 0.717) is 12.1 Å². The van der Waals surface area contributed by atoms with E-state index in [1.165, 1.54) is 27.8 Å². The third kappa shape index (κ3) is 7.77. The average Bonchev–Trinajstić information content (AvgIpc) is 2.99. The van der Waals surface area contributed by atoms with E-state index in [4.69, 9.17) is 0 Å². The van der Waals surface area contributed by atoms with Crippen molar-refractivity contribution in [2.24, 2.45) is 0 Å². The van der Waals surface area contributed by atoms with E-state index in [1.807, 2.05) is 43.3 Å². The summed E-state index contributed by atoms with van der Waals surface area (Å²) >= 11 is 3.49. The van der Waals surface area contributed by atoms with Crippen LogP contribution in [-0.4, -0.2) is 43.8 Å². The van der Waals surface area contributed by atoms with Gasteiger partial charge in [-0.05, 0) is 67.6 Å². The first-order valence-corrected chi connectivity index (χ1v) is 16.4. The van der Waals surface area contributed by atoms with Gasteiger partial charge in [-0.1, -0.05) is 90.6 Å². The van der Waals surface area contributed by atoms with E-state index in [-0.39, 0.29) is 23.4 Å². The molecule has 0 saturated heterocycles. The summed E-state index contributed by atoms with van der Waals surface area (Å²) in [5.41, 5.74) is 2.09. The van der Waals surface area contributed by atoms with Crippen molar-refractivity contribution in [2.45, 2.75) is 75.9 Å². The predicted molar refractivity (Wildman–Crippen MR) is 166 cm³/mol. The van der Waals surface area contributed by atoms with Crippen LogP contribution in [0.25, 0.3) is 0 Å². The molecule has 0 spiro atoms. The minimum atomic E-state index is -4.09. The van der Waals surface area contributed by atoms with Crippen LogP contribution in [0.1, 0.15) is 57.1 Å². The maximum absolute atomic E-state index is 14.2. The quantitative estimate of drug-likeness (QED) is 0.276.